The molecule has 2 rings (SSSR count). The van der Waals surface area contributed by atoms with Crippen molar-refractivity contribution >= 4 is 28.6 Å². The fraction of sp³-hybridized carbons (Fsp3) is 0.333. The molecule has 0 saturated carbocycles. The van der Waals surface area contributed by atoms with Gasteiger partial charge < -0.3 is 9.72 Å². The smallest absolute Gasteiger partial charge is 0.313 e. The van der Waals surface area contributed by atoms with E-state index in [9.17, 15) is 4.79 Å². The highest BCUT2D eigenvalue weighted by molar-refractivity contribution is 6.32. The van der Waals surface area contributed by atoms with Gasteiger partial charge in [-0.2, -0.15) is 0 Å². The minimum Gasteiger partial charge on any atom is -0.466 e. The molecule has 90 valence electrons. The van der Waals surface area contributed by atoms with Crippen molar-refractivity contribution in [2.45, 2.75) is 20.3 Å². The maximum absolute atomic E-state index is 11.3. The molecule has 2 aromatic rings. The third-order valence-electron chi connectivity index (χ3n) is 2.43. The summed E-state index contributed by atoms with van der Waals surface area (Å²) in [4.78, 5) is 18.7. The number of ether oxygens (including phenoxy) is 1. The van der Waals surface area contributed by atoms with Gasteiger partial charge >= 0.3 is 5.97 Å². The second-order valence-electron chi connectivity index (χ2n) is 3.78. The van der Waals surface area contributed by atoms with Gasteiger partial charge in [-0.3, -0.25) is 4.79 Å². The molecule has 0 unspecified atom stereocenters. The van der Waals surface area contributed by atoms with Crippen LogP contribution in [0.3, 0.4) is 0 Å². The number of esters is 1. The molecule has 17 heavy (non-hydrogen) atoms. The molecule has 0 spiro atoms. The maximum Gasteiger partial charge on any atom is 0.313 e. The van der Waals surface area contributed by atoms with E-state index < -0.39 is 0 Å². The van der Waals surface area contributed by atoms with Crippen LogP contribution < -0.4 is 0 Å². The van der Waals surface area contributed by atoms with Gasteiger partial charge in [0.25, 0.3) is 0 Å². The monoisotopic (exact) mass is 252 g/mol. The number of halogens is 1. The molecule has 0 fully saturated rings. The fourth-order valence-electron chi connectivity index (χ4n) is 1.62. The highest BCUT2D eigenvalue weighted by Crippen LogP contribution is 2.21. The summed E-state index contributed by atoms with van der Waals surface area (Å²) in [5.74, 6) is 0.314. The van der Waals surface area contributed by atoms with Crippen molar-refractivity contribution in [2.75, 3.05) is 6.61 Å². The average Bonchev–Trinajstić information content (AvgIpc) is 2.60. The molecule has 0 saturated heterocycles. The van der Waals surface area contributed by atoms with Crippen LogP contribution in [0.2, 0.25) is 5.02 Å². The number of aryl methyl sites for hydroxylation is 1. The predicted molar refractivity (Wildman–Crippen MR) is 66.2 cm³/mol. The van der Waals surface area contributed by atoms with Crippen molar-refractivity contribution in [2.24, 2.45) is 0 Å². The van der Waals surface area contributed by atoms with Crippen LogP contribution in [-0.2, 0) is 16.0 Å². The molecule has 0 radical (unpaired) electrons. The Morgan fingerprint density at radius 1 is 1.53 bits per heavy atom. The third-order valence-corrected chi connectivity index (χ3v) is 2.84. The fourth-order valence-corrected chi connectivity index (χ4v) is 1.78. The van der Waals surface area contributed by atoms with Crippen molar-refractivity contribution in [3.63, 3.8) is 0 Å². The zero-order valence-electron chi connectivity index (χ0n) is 9.71. The average molecular weight is 253 g/mol. The summed E-state index contributed by atoms with van der Waals surface area (Å²) in [7, 11) is 0. The van der Waals surface area contributed by atoms with Crippen LogP contribution in [-0.4, -0.2) is 22.5 Å². The zero-order chi connectivity index (χ0) is 12.4. The number of hydrogen-bond donors (Lipinski definition) is 1. The van der Waals surface area contributed by atoms with Gasteiger partial charge in [-0.1, -0.05) is 11.6 Å². The molecule has 1 aromatic heterocycles. The Morgan fingerprint density at radius 2 is 2.29 bits per heavy atom. The van der Waals surface area contributed by atoms with Crippen molar-refractivity contribution in [3.8, 4) is 0 Å². The molecule has 4 nitrogen and oxygen atoms in total. The van der Waals surface area contributed by atoms with Crippen molar-refractivity contribution in [3.05, 3.63) is 28.5 Å². The van der Waals surface area contributed by atoms with Gasteiger partial charge in [-0.15, -0.1) is 0 Å². The first-order chi connectivity index (χ1) is 8.10. The van der Waals surface area contributed by atoms with Crippen LogP contribution in [0.25, 0.3) is 11.0 Å². The number of fused-ring (bicyclic) bond motifs is 1. The Bertz CT molecular complexity index is 524. The number of nitrogens with one attached hydrogen (secondary N) is 1. The summed E-state index contributed by atoms with van der Waals surface area (Å²) < 4.78 is 4.86. The topological polar surface area (TPSA) is 55.0 Å². The lowest BCUT2D eigenvalue weighted by Gasteiger charge is -1.97. The number of aromatic amines is 1. The molecular formula is C12H13ClN2O2. The van der Waals surface area contributed by atoms with E-state index in [4.69, 9.17) is 16.3 Å². The minimum atomic E-state index is -0.283. The molecule has 0 bridgehead atoms. The van der Waals surface area contributed by atoms with Crippen molar-refractivity contribution in [1.29, 1.82) is 0 Å². The lowest BCUT2D eigenvalue weighted by Crippen LogP contribution is -2.08. The maximum atomic E-state index is 11.3. The molecule has 0 amide bonds. The number of rotatable bonds is 3. The minimum absolute atomic E-state index is 0.152. The van der Waals surface area contributed by atoms with Gasteiger partial charge in [0.05, 0.1) is 17.6 Å². The van der Waals surface area contributed by atoms with E-state index in [1.807, 2.05) is 13.0 Å². The molecule has 0 aliphatic heterocycles. The van der Waals surface area contributed by atoms with Crippen LogP contribution >= 0.6 is 11.6 Å². The molecule has 1 aromatic carbocycles. The summed E-state index contributed by atoms with van der Waals surface area (Å²) in [5.41, 5.74) is 2.62. The number of imidazole rings is 1. The Hall–Kier alpha value is -1.55. The Morgan fingerprint density at radius 3 is 3.00 bits per heavy atom. The van der Waals surface area contributed by atoms with E-state index in [0.29, 0.717) is 17.5 Å². The van der Waals surface area contributed by atoms with Crippen molar-refractivity contribution < 1.29 is 9.53 Å². The molecule has 0 aliphatic rings. The van der Waals surface area contributed by atoms with Gasteiger partial charge in [-0.25, -0.2) is 4.98 Å². The first-order valence-electron chi connectivity index (χ1n) is 5.40. The van der Waals surface area contributed by atoms with E-state index >= 15 is 0 Å². The van der Waals surface area contributed by atoms with Crippen LogP contribution in [0.15, 0.2) is 12.1 Å². The normalized spacial score (nSPS) is 10.8. The highest BCUT2D eigenvalue weighted by atomic mass is 35.5. The number of H-pyrrole nitrogens is 1. The number of carbonyl (C=O) groups is 1. The molecule has 0 aliphatic carbocycles. The van der Waals surface area contributed by atoms with E-state index in [0.717, 1.165) is 16.6 Å². The predicted octanol–water partition coefficient (Wildman–Crippen LogP) is 2.63. The van der Waals surface area contributed by atoms with Crippen LogP contribution in [0.4, 0.5) is 0 Å². The first kappa shape index (κ1) is 11.9. The van der Waals surface area contributed by atoms with Crippen LogP contribution in [0.1, 0.15) is 18.3 Å². The molecular weight excluding hydrogens is 240 g/mol. The summed E-state index contributed by atoms with van der Waals surface area (Å²) in [5, 5.41) is 0.673. The largest absolute Gasteiger partial charge is 0.466 e. The van der Waals surface area contributed by atoms with E-state index in [-0.39, 0.29) is 12.4 Å². The summed E-state index contributed by atoms with van der Waals surface area (Å²) in [6.07, 6.45) is 0.152. The number of carbonyl (C=O) groups excluding carboxylic acids is 1. The van der Waals surface area contributed by atoms with Gasteiger partial charge in [-0.05, 0) is 31.5 Å². The number of benzene rings is 1. The summed E-state index contributed by atoms with van der Waals surface area (Å²) >= 11 is 6.01. The van der Waals surface area contributed by atoms with E-state index in [2.05, 4.69) is 9.97 Å². The van der Waals surface area contributed by atoms with Gasteiger partial charge in [0, 0.05) is 5.02 Å². The van der Waals surface area contributed by atoms with E-state index in [1.165, 1.54) is 0 Å². The number of nitrogens with zero attached hydrogens (tertiary/aromatic N) is 1. The summed E-state index contributed by atoms with van der Waals surface area (Å²) in [6, 6.07) is 3.71. The molecule has 5 heteroatoms. The van der Waals surface area contributed by atoms with E-state index in [1.54, 1.807) is 13.0 Å². The van der Waals surface area contributed by atoms with Crippen LogP contribution in [0.5, 0.6) is 0 Å². The SMILES string of the molecule is CCOC(=O)Cc1nc2cc(Cl)c(C)cc2[nH]1. The zero-order valence-corrected chi connectivity index (χ0v) is 10.5. The lowest BCUT2D eigenvalue weighted by atomic mass is 10.2. The number of hydrogen-bond acceptors (Lipinski definition) is 3. The second-order valence-corrected chi connectivity index (χ2v) is 4.19. The summed E-state index contributed by atoms with van der Waals surface area (Å²) in [6.45, 7) is 4.08. The van der Waals surface area contributed by atoms with Gasteiger partial charge in [0.15, 0.2) is 0 Å². The molecule has 1 N–H and O–H groups in total. The Balaban J connectivity index is 2.29. The van der Waals surface area contributed by atoms with Crippen LogP contribution in [0, 0.1) is 6.92 Å². The quantitative estimate of drug-likeness (QED) is 0.855. The molecule has 1 heterocycles. The van der Waals surface area contributed by atoms with Gasteiger partial charge in [0.1, 0.15) is 12.2 Å². The second kappa shape index (κ2) is 4.75. The Kier molecular flexibility index (Phi) is 3.33. The highest BCUT2D eigenvalue weighted by Gasteiger charge is 2.10. The Labute approximate surface area is 104 Å². The first-order valence-corrected chi connectivity index (χ1v) is 5.78. The van der Waals surface area contributed by atoms with Crippen molar-refractivity contribution in [1.82, 2.24) is 9.97 Å². The van der Waals surface area contributed by atoms with Gasteiger partial charge in [0.2, 0.25) is 0 Å². The lowest BCUT2D eigenvalue weighted by molar-refractivity contribution is -0.142. The molecule has 0 atom stereocenters. The standard InChI is InChI=1S/C12H13ClN2O2/c1-3-17-12(16)6-11-14-9-4-7(2)8(13)5-10(9)15-11/h4-5H,3,6H2,1-2H3,(H,14,15). The number of aromatic nitrogens is 2. The third kappa shape index (κ3) is 2.58.